The van der Waals surface area contributed by atoms with E-state index in [0.717, 1.165) is 91.7 Å². The van der Waals surface area contributed by atoms with Gasteiger partial charge in [-0.25, -0.2) is 0 Å². The Hall–Kier alpha value is -5.83. The Morgan fingerprint density at radius 1 is 0.591 bits per heavy atom. The average Bonchev–Trinajstić information content (AvgIpc) is 3.63. The maximum absolute atomic E-state index is 10.8. The zero-order chi connectivity index (χ0) is 29.5. The first kappa shape index (κ1) is 24.7. The minimum Gasteiger partial charge on any atom is -0.455 e. The Bertz CT molecular complexity index is 2490. The van der Waals surface area contributed by atoms with E-state index in [0.29, 0.717) is 16.8 Å². The van der Waals surface area contributed by atoms with Crippen molar-refractivity contribution in [1.82, 2.24) is 4.57 Å². The smallest absolute Gasteiger partial charge is 0.145 e. The first-order valence-corrected chi connectivity index (χ1v) is 15.1. The van der Waals surface area contributed by atoms with Gasteiger partial charge in [-0.15, -0.1) is 0 Å². The van der Waals surface area contributed by atoms with Gasteiger partial charge in [0, 0.05) is 16.2 Å². The molecule has 0 aliphatic heterocycles. The topological polar surface area (TPSA) is 89.4 Å². The normalized spacial score (nSPS) is 17.1. The van der Waals surface area contributed by atoms with Gasteiger partial charge in [0.2, 0.25) is 0 Å². The highest BCUT2D eigenvalue weighted by molar-refractivity contribution is 6.24. The third-order valence-electron chi connectivity index (χ3n) is 10.0. The van der Waals surface area contributed by atoms with Crippen LogP contribution in [-0.2, 0) is 0 Å². The van der Waals surface area contributed by atoms with Crippen molar-refractivity contribution in [2.24, 2.45) is 0 Å². The van der Waals surface area contributed by atoms with Crippen molar-refractivity contribution in [3.8, 4) is 35.0 Å². The number of nitriles is 3. The number of nitrogens with zero attached hydrogens (tertiary/aromatic N) is 4. The molecule has 0 amide bonds. The highest BCUT2D eigenvalue weighted by atomic mass is 16.3. The van der Waals surface area contributed by atoms with Gasteiger partial charge < -0.3 is 8.98 Å². The van der Waals surface area contributed by atoms with Crippen LogP contribution in [0.25, 0.3) is 60.6 Å². The Balaban J connectivity index is 1.49. The van der Waals surface area contributed by atoms with Crippen molar-refractivity contribution >= 4 is 43.7 Å². The molecule has 206 valence electrons. The van der Waals surface area contributed by atoms with Crippen LogP contribution in [0.4, 0.5) is 0 Å². The molecular formula is C39H24N4O. The first-order valence-electron chi connectivity index (χ1n) is 15.1. The average molecular weight is 565 g/mol. The SMILES string of the molecule is N#Cc1c(C#N)c(-n2c3ccc(-c4ccccc4)cc3c3c4oc5ccccc5c4ccc32)c(C#N)c2c1C1CCC2CC1. The van der Waals surface area contributed by atoms with Gasteiger partial charge in [-0.1, -0.05) is 54.6 Å². The molecular weight excluding hydrogens is 540 g/mol. The van der Waals surface area contributed by atoms with E-state index in [-0.39, 0.29) is 17.4 Å². The fourth-order valence-corrected chi connectivity index (χ4v) is 8.19. The lowest BCUT2D eigenvalue weighted by Gasteiger charge is -2.40. The number of furan rings is 1. The highest BCUT2D eigenvalue weighted by Gasteiger charge is 2.40. The van der Waals surface area contributed by atoms with Crippen LogP contribution >= 0.6 is 0 Å². The Labute approximate surface area is 253 Å². The molecule has 3 aliphatic carbocycles. The van der Waals surface area contributed by atoms with E-state index < -0.39 is 0 Å². The highest BCUT2D eigenvalue weighted by Crippen LogP contribution is 2.54. The van der Waals surface area contributed by atoms with E-state index in [1.165, 1.54) is 0 Å². The van der Waals surface area contributed by atoms with Crippen LogP contribution in [-0.4, -0.2) is 4.57 Å². The molecule has 2 aromatic heterocycles. The monoisotopic (exact) mass is 564 g/mol. The molecule has 44 heavy (non-hydrogen) atoms. The third-order valence-corrected chi connectivity index (χ3v) is 10.0. The summed E-state index contributed by atoms with van der Waals surface area (Å²) < 4.78 is 8.61. The van der Waals surface area contributed by atoms with E-state index in [9.17, 15) is 15.8 Å². The fraction of sp³-hybridized carbons (Fsp3) is 0.154. The van der Waals surface area contributed by atoms with Gasteiger partial charge in [0.05, 0.1) is 38.8 Å². The lowest BCUT2D eigenvalue weighted by Crippen LogP contribution is -2.26. The molecule has 0 unspecified atom stereocenters. The number of rotatable bonds is 2. The summed E-state index contributed by atoms with van der Waals surface area (Å²) in [6.07, 6.45) is 4.03. The number of fused-ring (bicyclic) bond motifs is 9. The molecule has 10 rings (SSSR count). The van der Waals surface area contributed by atoms with Gasteiger partial charge in [-0.05, 0) is 90.1 Å². The standard InChI is InChI=1S/C39H24N4O/c40-19-29-30(20-41)38(31(21-42)36-24-12-10-23(11-13-24)35(29)36)43-32-16-14-25(22-6-2-1-3-7-22)18-28(32)37-33(43)17-15-27-26-8-4-5-9-34(26)44-39(27)37/h1-9,14-18,23-24H,10-13H2. The second-order valence-corrected chi connectivity index (χ2v) is 12.1. The van der Waals surface area contributed by atoms with Crippen molar-refractivity contribution in [2.75, 3.05) is 0 Å². The van der Waals surface area contributed by atoms with E-state index in [2.05, 4.69) is 66.7 Å². The minimum absolute atomic E-state index is 0.222. The van der Waals surface area contributed by atoms with Crippen LogP contribution in [0.15, 0.2) is 89.3 Å². The molecule has 2 heterocycles. The van der Waals surface area contributed by atoms with E-state index in [4.69, 9.17) is 4.42 Å². The molecule has 3 aliphatic rings. The quantitative estimate of drug-likeness (QED) is 0.209. The summed E-state index contributed by atoms with van der Waals surface area (Å²) in [5.41, 5.74) is 9.14. The van der Waals surface area contributed by atoms with Gasteiger partial charge in [0.15, 0.2) is 0 Å². The van der Waals surface area contributed by atoms with Crippen molar-refractivity contribution in [1.29, 1.82) is 15.8 Å². The van der Waals surface area contributed by atoms with Gasteiger partial charge in [-0.2, -0.15) is 15.8 Å². The molecule has 7 aromatic rings. The lowest BCUT2D eigenvalue weighted by atomic mass is 9.64. The zero-order valence-corrected chi connectivity index (χ0v) is 23.8. The maximum atomic E-state index is 10.8. The lowest BCUT2D eigenvalue weighted by molar-refractivity contribution is 0.357. The molecule has 5 nitrogen and oxygen atoms in total. The number of aromatic nitrogens is 1. The Morgan fingerprint density at radius 3 is 1.98 bits per heavy atom. The summed E-state index contributed by atoms with van der Waals surface area (Å²) >= 11 is 0. The Kier molecular flexibility index (Phi) is 5.11. The van der Waals surface area contributed by atoms with Crippen molar-refractivity contribution in [3.63, 3.8) is 0 Å². The molecule has 0 atom stereocenters. The molecule has 1 fully saturated rings. The van der Waals surface area contributed by atoms with Crippen LogP contribution in [0, 0.1) is 34.0 Å². The van der Waals surface area contributed by atoms with Gasteiger partial charge in [0.25, 0.3) is 0 Å². The summed E-state index contributed by atoms with van der Waals surface area (Å²) in [4.78, 5) is 0. The van der Waals surface area contributed by atoms with Crippen molar-refractivity contribution < 1.29 is 4.42 Å². The summed E-state index contributed by atoms with van der Waals surface area (Å²) in [5, 5.41) is 36.0. The number of hydrogen-bond acceptors (Lipinski definition) is 4. The van der Waals surface area contributed by atoms with E-state index >= 15 is 0 Å². The second-order valence-electron chi connectivity index (χ2n) is 12.1. The van der Waals surface area contributed by atoms with Crippen molar-refractivity contribution in [3.05, 3.63) is 113 Å². The summed E-state index contributed by atoms with van der Waals surface area (Å²) in [6.45, 7) is 0. The number of benzene rings is 5. The summed E-state index contributed by atoms with van der Waals surface area (Å²) in [5.74, 6) is 0.447. The summed E-state index contributed by atoms with van der Waals surface area (Å²) in [6, 6.07) is 36.1. The van der Waals surface area contributed by atoms with Crippen LogP contribution in [0.3, 0.4) is 0 Å². The fourth-order valence-electron chi connectivity index (χ4n) is 8.19. The zero-order valence-electron chi connectivity index (χ0n) is 23.8. The first-order chi connectivity index (χ1) is 21.7. The van der Waals surface area contributed by atoms with Crippen molar-refractivity contribution in [2.45, 2.75) is 37.5 Å². The van der Waals surface area contributed by atoms with Crippen LogP contribution in [0.2, 0.25) is 0 Å². The van der Waals surface area contributed by atoms with Gasteiger partial charge in [-0.3, -0.25) is 0 Å². The molecule has 1 saturated carbocycles. The molecule has 0 spiro atoms. The van der Waals surface area contributed by atoms with Gasteiger partial charge >= 0.3 is 0 Å². The van der Waals surface area contributed by atoms with Crippen LogP contribution < -0.4 is 0 Å². The summed E-state index contributed by atoms with van der Waals surface area (Å²) in [7, 11) is 0. The van der Waals surface area contributed by atoms with Crippen LogP contribution in [0.5, 0.6) is 0 Å². The predicted molar refractivity (Wildman–Crippen MR) is 172 cm³/mol. The van der Waals surface area contributed by atoms with Crippen LogP contribution in [0.1, 0.15) is 65.3 Å². The molecule has 2 bridgehead atoms. The number of para-hydroxylation sites is 1. The molecule has 0 radical (unpaired) electrons. The molecule has 0 saturated heterocycles. The predicted octanol–water partition coefficient (Wildman–Crippen LogP) is 9.72. The third kappa shape index (κ3) is 3.15. The second kappa shape index (κ2) is 9.08. The molecule has 5 aromatic carbocycles. The van der Waals surface area contributed by atoms with Gasteiger partial charge in [0.1, 0.15) is 29.4 Å². The molecule has 0 N–H and O–H groups in total. The Morgan fingerprint density at radius 2 is 1.25 bits per heavy atom. The van der Waals surface area contributed by atoms with E-state index in [1.54, 1.807) is 0 Å². The largest absolute Gasteiger partial charge is 0.455 e. The maximum Gasteiger partial charge on any atom is 0.145 e. The number of hydrogen-bond donors (Lipinski definition) is 0. The minimum atomic E-state index is 0.222. The van der Waals surface area contributed by atoms with E-state index in [1.807, 2.05) is 41.0 Å². The molecule has 5 heteroatoms.